The molecular formula is C16H18N2O3. The minimum Gasteiger partial charge on any atom is -0.492 e. The van der Waals surface area contributed by atoms with Crippen molar-refractivity contribution in [1.82, 2.24) is 0 Å². The van der Waals surface area contributed by atoms with Gasteiger partial charge in [-0.25, -0.2) is 4.90 Å². The lowest BCUT2D eigenvalue weighted by Crippen LogP contribution is -2.30. The highest BCUT2D eigenvalue weighted by Crippen LogP contribution is 2.38. The number of ether oxygens (including phenoxy) is 1. The molecule has 110 valence electrons. The van der Waals surface area contributed by atoms with Gasteiger partial charge in [-0.05, 0) is 25.0 Å². The zero-order chi connectivity index (χ0) is 14.8. The number of hydrogen-bond donors (Lipinski definition) is 1. The van der Waals surface area contributed by atoms with E-state index in [0.717, 1.165) is 0 Å². The highest BCUT2D eigenvalue weighted by Gasteiger charge is 2.47. The fourth-order valence-electron chi connectivity index (χ4n) is 2.94. The quantitative estimate of drug-likeness (QED) is 0.672. The number of fused-ring (bicyclic) bond motifs is 1. The van der Waals surface area contributed by atoms with E-state index in [2.05, 4.69) is 0 Å². The molecule has 0 saturated carbocycles. The van der Waals surface area contributed by atoms with E-state index in [9.17, 15) is 9.59 Å². The average molecular weight is 286 g/mol. The second kappa shape index (κ2) is 5.69. The van der Waals surface area contributed by atoms with Crippen LogP contribution in [-0.2, 0) is 9.59 Å². The molecule has 3 rings (SSSR count). The molecule has 0 spiro atoms. The van der Waals surface area contributed by atoms with E-state index in [4.69, 9.17) is 10.5 Å². The van der Waals surface area contributed by atoms with E-state index in [1.807, 2.05) is 12.2 Å². The number of amides is 2. The van der Waals surface area contributed by atoms with Crippen LogP contribution in [0.2, 0.25) is 0 Å². The third kappa shape index (κ3) is 2.45. The van der Waals surface area contributed by atoms with Gasteiger partial charge in [-0.3, -0.25) is 9.59 Å². The van der Waals surface area contributed by atoms with Gasteiger partial charge in [0.05, 0.1) is 17.5 Å². The molecule has 1 saturated heterocycles. The first-order valence-electron chi connectivity index (χ1n) is 7.18. The molecule has 5 heteroatoms. The normalized spacial score (nSPS) is 24.3. The maximum absolute atomic E-state index is 12.5. The van der Waals surface area contributed by atoms with E-state index >= 15 is 0 Å². The van der Waals surface area contributed by atoms with Crippen molar-refractivity contribution in [3.63, 3.8) is 0 Å². The summed E-state index contributed by atoms with van der Waals surface area (Å²) in [5.74, 6) is -0.0190. The van der Waals surface area contributed by atoms with Crippen LogP contribution in [-0.4, -0.2) is 25.0 Å². The number of anilines is 1. The Balaban J connectivity index is 1.86. The number of nitrogens with zero attached hydrogens (tertiary/aromatic N) is 1. The molecule has 1 aromatic carbocycles. The summed E-state index contributed by atoms with van der Waals surface area (Å²) in [6.45, 7) is 0.822. The predicted molar refractivity (Wildman–Crippen MR) is 78.8 cm³/mol. The first kappa shape index (κ1) is 13.8. The van der Waals surface area contributed by atoms with Gasteiger partial charge in [0.1, 0.15) is 12.4 Å². The summed E-state index contributed by atoms with van der Waals surface area (Å²) in [5.41, 5.74) is 5.99. The molecular weight excluding hydrogens is 268 g/mol. The highest BCUT2D eigenvalue weighted by atomic mass is 16.5. The summed E-state index contributed by atoms with van der Waals surface area (Å²) >= 11 is 0. The maximum atomic E-state index is 12.5. The zero-order valence-corrected chi connectivity index (χ0v) is 11.7. The summed E-state index contributed by atoms with van der Waals surface area (Å²) < 4.78 is 5.46. The van der Waals surface area contributed by atoms with Crippen LogP contribution in [0.15, 0.2) is 36.4 Å². The molecule has 5 nitrogen and oxygen atoms in total. The van der Waals surface area contributed by atoms with Crippen LogP contribution in [0.25, 0.3) is 0 Å². The lowest BCUT2D eigenvalue weighted by Gasteiger charge is -2.16. The van der Waals surface area contributed by atoms with Gasteiger partial charge in [-0.1, -0.05) is 18.2 Å². The van der Waals surface area contributed by atoms with Gasteiger partial charge in [0.15, 0.2) is 0 Å². The molecule has 21 heavy (non-hydrogen) atoms. The maximum Gasteiger partial charge on any atom is 0.238 e. The molecule has 2 amide bonds. The summed E-state index contributed by atoms with van der Waals surface area (Å²) in [5, 5.41) is 0. The topological polar surface area (TPSA) is 72.6 Å². The molecule has 2 atom stereocenters. The summed E-state index contributed by atoms with van der Waals surface area (Å²) in [6.07, 6.45) is 5.26. The first-order chi connectivity index (χ1) is 10.2. The van der Waals surface area contributed by atoms with Crippen molar-refractivity contribution in [2.45, 2.75) is 12.8 Å². The van der Waals surface area contributed by atoms with E-state index in [-0.39, 0.29) is 23.7 Å². The van der Waals surface area contributed by atoms with E-state index in [1.54, 1.807) is 24.3 Å². The summed E-state index contributed by atoms with van der Waals surface area (Å²) in [7, 11) is 0. The minimum absolute atomic E-state index is 0.106. The Labute approximate surface area is 123 Å². The fraction of sp³-hybridized carbons (Fsp3) is 0.375. The second-order valence-electron chi connectivity index (χ2n) is 5.30. The molecule has 1 aliphatic heterocycles. The van der Waals surface area contributed by atoms with Gasteiger partial charge in [0, 0.05) is 12.6 Å². The number of hydrogen-bond acceptors (Lipinski definition) is 4. The standard InChI is InChI=1S/C16H18N2O3/c17-8-9-21-12-5-3-4-11(10-12)18-15(19)13-6-1-2-7-14(13)16(18)20/h1-5,10,13-14H,6-9,17H2/t13-,14+. The van der Waals surface area contributed by atoms with Crippen LogP contribution in [0.4, 0.5) is 5.69 Å². The minimum atomic E-state index is -0.212. The molecule has 2 aliphatic rings. The summed E-state index contributed by atoms with van der Waals surface area (Å²) in [6, 6.07) is 7.05. The molecule has 0 radical (unpaired) electrons. The van der Waals surface area contributed by atoms with Crippen LogP contribution in [0.5, 0.6) is 5.75 Å². The SMILES string of the molecule is NCCOc1cccc(N2C(=O)[C@H]3CC=CC[C@H]3C2=O)c1. The molecule has 2 N–H and O–H groups in total. The molecule has 1 aromatic rings. The van der Waals surface area contributed by atoms with Gasteiger partial charge < -0.3 is 10.5 Å². The highest BCUT2D eigenvalue weighted by molar-refractivity contribution is 6.22. The Morgan fingerprint density at radius 1 is 1.14 bits per heavy atom. The first-order valence-corrected chi connectivity index (χ1v) is 7.18. The Morgan fingerprint density at radius 2 is 1.81 bits per heavy atom. The van der Waals surface area contributed by atoms with Crippen molar-refractivity contribution in [2.24, 2.45) is 17.6 Å². The Bertz CT molecular complexity index is 571. The van der Waals surface area contributed by atoms with E-state index in [0.29, 0.717) is 37.4 Å². The number of allylic oxidation sites excluding steroid dienone is 2. The van der Waals surface area contributed by atoms with Crippen molar-refractivity contribution >= 4 is 17.5 Å². The number of imide groups is 1. The van der Waals surface area contributed by atoms with Crippen LogP contribution in [0.3, 0.4) is 0 Å². The van der Waals surface area contributed by atoms with Gasteiger partial charge >= 0.3 is 0 Å². The Morgan fingerprint density at radius 3 is 2.43 bits per heavy atom. The number of rotatable bonds is 4. The van der Waals surface area contributed by atoms with Crippen molar-refractivity contribution < 1.29 is 14.3 Å². The smallest absolute Gasteiger partial charge is 0.238 e. The van der Waals surface area contributed by atoms with E-state index in [1.165, 1.54) is 4.90 Å². The average Bonchev–Trinajstić information content (AvgIpc) is 2.78. The second-order valence-corrected chi connectivity index (χ2v) is 5.30. The van der Waals surface area contributed by atoms with Crippen LogP contribution in [0, 0.1) is 11.8 Å². The molecule has 1 fully saturated rings. The zero-order valence-electron chi connectivity index (χ0n) is 11.7. The van der Waals surface area contributed by atoms with Crippen molar-refractivity contribution in [1.29, 1.82) is 0 Å². The van der Waals surface area contributed by atoms with Crippen molar-refractivity contribution in [3.05, 3.63) is 36.4 Å². The van der Waals surface area contributed by atoms with Gasteiger partial charge in [0.2, 0.25) is 11.8 Å². The fourth-order valence-corrected chi connectivity index (χ4v) is 2.94. The largest absolute Gasteiger partial charge is 0.492 e. The Hall–Kier alpha value is -2.14. The molecule has 1 heterocycles. The molecule has 1 aliphatic carbocycles. The number of carbonyl (C=O) groups is 2. The Kier molecular flexibility index (Phi) is 3.75. The molecule has 0 unspecified atom stereocenters. The van der Waals surface area contributed by atoms with Gasteiger partial charge in [-0.2, -0.15) is 0 Å². The third-order valence-electron chi connectivity index (χ3n) is 3.97. The number of carbonyl (C=O) groups excluding carboxylic acids is 2. The van der Waals surface area contributed by atoms with E-state index < -0.39 is 0 Å². The number of benzene rings is 1. The predicted octanol–water partition coefficient (Wildman–Crippen LogP) is 1.48. The number of nitrogens with two attached hydrogens (primary N) is 1. The lowest BCUT2D eigenvalue weighted by molar-refractivity contribution is -0.122. The lowest BCUT2D eigenvalue weighted by atomic mass is 9.85. The monoisotopic (exact) mass is 286 g/mol. The molecule has 0 aromatic heterocycles. The van der Waals surface area contributed by atoms with Crippen LogP contribution < -0.4 is 15.4 Å². The van der Waals surface area contributed by atoms with Crippen LogP contribution >= 0.6 is 0 Å². The van der Waals surface area contributed by atoms with Crippen molar-refractivity contribution in [2.75, 3.05) is 18.1 Å². The third-order valence-corrected chi connectivity index (χ3v) is 3.97. The van der Waals surface area contributed by atoms with Gasteiger partial charge in [0.25, 0.3) is 0 Å². The van der Waals surface area contributed by atoms with Gasteiger partial charge in [-0.15, -0.1) is 0 Å². The molecule has 0 bridgehead atoms. The van der Waals surface area contributed by atoms with Crippen LogP contribution in [0.1, 0.15) is 12.8 Å². The summed E-state index contributed by atoms with van der Waals surface area (Å²) in [4.78, 5) is 26.3. The van der Waals surface area contributed by atoms with Crippen molar-refractivity contribution in [3.8, 4) is 5.75 Å².